The van der Waals surface area contributed by atoms with Crippen molar-refractivity contribution in [1.82, 2.24) is 10.3 Å². The fourth-order valence-corrected chi connectivity index (χ4v) is 3.88. The number of hydrogen-bond donors (Lipinski definition) is 3. The number of pyridine rings is 1. The van der Waals surface area contributed by atoms with Crippen LogP contribution in [-0.2, 0) is 0 Å². The molecule has 2 aromatic rings. The van der Waals surface area contributed by atoms with E-state index in [-0.39, 0.29) is 11.1 Å². The molecule has 0 aliphatic heterocycles. The SMILES string of the molecule is O=C(O)c1cc(NCC2(CN[C@H]3CC3c3ccccc3)CCC2)ccn1. The quantitative estimate of drug-likeness (QED) is 0.679. The molecule has 2 saturated carbocycles. The van der Waals surface area contributed by atoms with Crippen molar-refractivity contribution < 1.29 is 9.90 Å². The summed E-state index contributed by atoms with van der Waals surface area (Å²) in [7, 11) is 0. The summed E-state index contributed by atoms with van der Waals surface area (Å²) in [6.07, 6.45) is 6.47. The zero-order valence-corrected chi connectivity index (χ0v) is 14.8. The van der Waals surface area contributed by atoms with E-state index in [0.29, 0.717) is 12.0 Å². The summed E-state index contributed by atoms with van der Waals surface area (Å²) >= 11 is 0. The molecule has 5 nitrogen and oxygen atoms in total. The van der Waals surface area contributed by atoms with Crippen LogP contribution in [0.2, 0.25) is 0 Å². The number of nitrogens with zero attached hydrogens (tertiary/aromatic N) is 1. The third-order valence-corrected chi connectivity index (χ3v) is 5.82. The number of anilines is 1. The standard InChI is InChI=1S/C21H25N3O2/c25-20(26)19-11-16(7-10-22-19)23-13-21(8-4-9-21)14-24-18-12-17(18)15-5-2-1-3-6-15/h1-3,5-7,10-11,17-18,24H,4,8-9,12-14H2,(H,22,23)(H,25,26)/t17?,18-/m0/s1. The van der Waals surface area contributed by atoms with Gasteiger partial charge in [0, 0.05) is 42.3 Å². The highest BCUT2D eigenvalue weighted by atomic mass is 16.4. The molecule has 0 amide bonds. The van der Waals surface area contributed by atoms with Gasteiger partial charge in [-0.05, 0) is 37.0 Å². The van der Waals surface area contributed by atoms with Gasteiger partial charge >= 0.3 is 5.97 Å². The summed E-state index contributed by atoms with van der Waals surface area (Å²) in [6.45, 7) is 1.89. The largest absolute Gasteiger partial charge is 0.477 e. The van der Waals surface area contributed by atoms with Gasteiger partial charge in [0.05, 0.1) is 0 Å². The van der Waals surface area contributed by atoms with Crippen molar-refractivity contribution in [3.05, 3.63) is 59.9 Å². The van der Waals surface area contributed by atoms with Crippen molar-refractivity contribution >= 4 is 11.7 Å². The van der Waals surface area contributed by atoms with Crippen molar-refractivity contribution in [2.45, 2.75) is 37.6 Å². The molecule has 26 heavy (non-hydrogen) atoms. The van der Waals surface area contributed by atoms with Crippen LogP contribution >= 0.6 is 0 Å². The molecule has 2 fully saturated rings. The number of carbonyl (C=O) groups is 1. The Morgan fingerprint density at radius 1 is 1.19 bits per heavy atom. The molecule has 1 heterocycles. The molecule has 5 heteroatoms. The molecule has 4 rings (SSSR count). The molecule has 1 aromatic heterocycles. The predicted molar refractivity (Wildman–Crippen MR) is 102 cm³/mol. The average molecular weight is 351 g/mol. The van der Waals surface area contributed by atoms with Gasteiger partial charge in [0.2, 0.25) is 0 Å². The first-order chi connectivity index (χ1) is 12.7. The minimum Gasteiger partial charge on any atom is -0.477 e. The van der Waals surface area contributed by atoms with Crippen LogP contribution < -0.4 is 10.6 Å². The molecular weight excluding hydrogens is 326 g/mol. The molecule has 2 atom stereocenters. The Bertz CT molecular complexity index is 774. The van der Waals surface area contributed by atoms with Gasteiger partial charge < -0.3 is 15.7 Å². The lowest BCUT2D eigenvalue weighted by Gasteiger charge is -2.42. The number of nitrogens with one attached hydrogen (secondary N) is 2. The third kappa shape index (κ3) is 3.73. The molecule has 136 valence electrons. The van der Waals surface area contributed by atoms with Crippen molar-refractivity contribution in [1.29, 1.82) is 0 Å². The van der Waals surface area contributed by atoms with Crippen LogP contribution in [0.1, 0.15) is 47.7 Å². The summed E-state index contributed by atoms with van der Waals surface area (Å²) in [5, 5.41) is 16.3. The minimum atomic E-state index is -0.991. The number of hydrogen-bond acceptors (Lipinski definition) is 4. The van der Waals surface area contributed by atoms with Gasteiger partial charge in [-0.25, -0.2) is 9.78 Å². The Labute approximate surface area is 153 Å². The first kappa shape index (κ1) is 17.0. The summed E-state index contributed by atoms with van der Waals surface area (Å²) in [5.74, 6) is -0.339. The highest BCUT2D eigenvalue weighted by Gasteiger charge is 2.42. The van der Waals surface area contributed by atoms with Gasteiger partial charge in [-0.2, -0.15) is 0 Å². The van der Waals surface area contributed by atoms with E-state index in [9.17, 15) is 4.79 Å². The van der Waals surface area contributed by atoms with Gasteiger partial charge in [-0.3, -0.25) is 0 Å². The Balaban J connectivity index is 1.30. The Morgan fingerprint density at radius 3 is 2.69 bits per heavy atom. The average Bonchev–Trinajstić information content (AvgIpc) is 3.41. The fourth-order valence-electron chi connectivity index (χ4n) is 3.88. The Morgan fingerprint density at radius 2 is 2.00 bits per heavy atom. The Kier molecular flexibility index (Phi) is 4.64. The van der Waals surface area contributed by atoms with E-state index < -0.39 is 5.97 Å². The second kappa shape index (κ2) is 7.08. The maximum atomic E-state index is 11.1. The second-order valence-electron chi connectivity index (χ2n) is 7.68. The minimum absolute atomic E-state index is 0.0828. The molecule has 0 bridgehead atoms. The normalized spacial score (nSPS) is 23.1. The van der Waals surface area contributed by atoms with Crippen LogP contribution in [0.3, 0.4) is 0 Å². The number of benzene rings is 1. The van der Waals surface area contributed by atoms with Crippen LogP contribution in [-0.4, -0.2) is 35.2 Å². The van der Waals surface area contributed by atoms with Crippen LogP contribution in [0.4, 0.5) is 5.69 Å². The maximum Gasteiger partial charge on any atom is 0.354 e. The highest BCUT2D eigenvalue weighted by molar-refractivity contribution is 5.86. The van der Waals surface area contributed by atoms with Crippen LogP contribution in [0.5, 0.6) is 0 Å². The van der Waals surface area contributed by atoms with Crippen molar-refractivity contribution in [3.8, 4) is 0 Å². The van der Waals surface area contributed by atoms with Gasteiger partial charge in [-0.15, -0.1) is 0 Å². The van der Waals surface area contributed by atoms with Crippen molar-refractivity contribution in [2.24, 2.45) is 5.41 Å². The lowest BCUT2D eigenvalue weighted by atomic mass is 9.68. The number of rotatable bonds is 8. The monoisotopic (exact) mass is 351 g/mol. The van der Waals surface area contributed by atoms with Crippen LogP contribution in [0, 0.1) is 5.41 Å². The number of carboxylic acids is 1. The second-order valence-corrected chi connectivity index (χ2v) is 7.68. The van der Waals surface area contributed by atoms with E-state index in [0.717, 1.165) is 18.8 Å². The van der Waals surface area contributed by atoms with Gasteiger partial charge in [0.25, 0.3) is 0 Å². The van der Waals surface area contributed by atoms with E-state index >= 15 is 0 Å². The van der Waals surface area contributed by atoms with Crippen LogP contribution in [0.25, 0.3) is 0 Å². The molecule has 3 N–H and O–H groups in total. The van der Waals surface area contributed by atoms with E-state index in [2.05, 4.69) is 45.9 Å². The molecule has 1 unspecified atom stereocenters. The first-order valence-corrected chi connectivity index (χ1v) is 9.37. The summed E-state index contributed by atoms with van der Waals surface area (Å²) in [5.41, 5.74) is 2.62. The van der Waals surface area contributed by atoms with Crippen molar-refractivity contribution in [3.63, 3.8) is 0 Å². The maximum absolute atomic E-state index is 11.1. The molecular formula is C21H25N3O2. The molecule has 2 aliphatic carbocycles. The summed E-state index contributed by atoms with van der Waals surface area (Å²) in [4.78, 5) is 14.9. The lowest BCUT2D eigenvalue weighted by molar-refractivity contribution is 0.0690. The van der Waals surface area contributed by atoms with E-state index in [1.54, 1.807) is 12.3 Å². The lowest BCUT2D eigenvalue weighted by Crippen LogP contribution is -2.45. The predicted octanol–water partition coefficient (Wildman–Crippen LogP) is 3.51. The van der Waals surface area contributed by atoms with Gasteiger partial charge in [0.15, 0.2) is 0 Å². The summed E-state index contributed by atoms with van der Waals surface area (Å²) in [6, 6.07) is 14.8. The smallest absolute Gasteiger partial charge is 0.354 e. The third-order valence-electron chi connectivity index (χ3n) is 5.82. The first-order valence-electron chi connectivity index (χ1n) is 9.37. The van der Waals surface area contributed by atoms with Crippen molar-refractivity contribution in [2.75, 3.05) is 18.4 Å². The molecule has 0 saturated heterocycles. The molecule has 0 spiro atoms. The number of carboxylic acid groups (broad SMARTS) is 1. The zero-order chi connectivity index (χ0) is 18.0. The van der Waals surface area contributed by atoms with Gasteiger partial charge in [0.1, 0.15) is 5.69 Å². The fraction of sp³-hybridized carbons (Fsp3) is 0.429. The van der Waals surface area contributed by atoms with Crippen LogP contribution in [0.15, 0.2) is 48.7 Å². The van der Waals surface area contributed by atoms with E-state index in [1.807, 2.05) is 6.07 Å². The molecule has 2 aliphatic rings. The van der Waals surface area contributed by atoms with Gasteiger partial charge in [-0.1, -0.05) is 36.8 Å². The topological polar surface area (TPSA) is 74.2 Å². The summed E-state index contributed by atoms with van der Waals surface area (Å²) < 4.78 is 0. The van der Waals surface area contributed by atoms with E-state index in [4.69, 9.17) is 5.11 Å². The number of aromatic nitrogens is 1. The molecule has 1 aromatic carbocycles. The van der Waals surface area contributed by atoms with E-state index in [1.165, 1.54) is 31.2 Å². The number of aromatic carboxylic acids is 1. The highest BCUT2D eigenvalue weighted by Crippen LogP contribution is 2.44. The zero-order valence-electron chi connectivity index (χ0n) is 14.8. The molecule has 0 radical (unpaired) electrons. The Hall–Kier alpha value is -2.40.